The van der Waals surface area contributed by atoms with Crippen LogP contribution in [0.3, 0.4) is 0 Å². The van der Waals surface area contributed by atoms with Crippen molar-refractivity contribution in [2.45, 2.75) is 19.0 Å². The third-order valence-corrected chi connectivity index (χ3v) is 3.26. The fourth-order valence-corrected chi connectivity index (χ4v) is 2.18. The molecule has 3 heteroatoms. The van der Waals surface area contributed by atoms with Gasteiger partial charge in [-0.1, -0.05) is 54.1 Å². The number of benzene rings is 2. The van der Waals surface area contributed by atoms with Crippen molar-refractivity contribution in [2.75, 3.05) is 0 Å². The topological polar surface area (TPSA) is 35.8 Å². The van der Waals surface area contributed by atoms with E-state index in [0.29, 0.717) is 5.02 Å². The van der Waals surface area contributed by atoms with Gasteiger partial charge < -0.3 is 0 Å². The molecule has 96 valence electrons. The molecular weight excluding hydrogens is 256 g/mol. The van der Waals surface area contributed by atoms with Crippen LogP contribution in [-0.4, -0.2) is 0 Å². The second-order valence-electron chi connectivity index (χ2n) is 4.42. The lowest BCUT2D eigenvalue weighted by atomic mass is 10.0. The smallest absolute Gasteiger partial charge is 0.121 e. The Kier molecular flexibility index (Phi) is 4.57. The maximum Gasteiger partial charge on any atom is 0.121 e. The number of hydrogen-bond donors (Lipinski definition) is 1. The van der Waals surface area contributed by atoms with E-state index in [2.05, 4.69) is 11.4 Å². The van der Waals surface area contributed by atoms with E-state index >= 15 is 0 Å². The molecule has 2 aromatic rings. The van der Waals surface area contributed by atoms with E-state index in [-0.39, 0.29) is 12.1 Å². The van der Waals surface area contributed by atoms with Gasteiger partial charge in [0.1, 0.15) is 6.04 Å². The summed E-state index contributed by atoms with van der Waals surface area (Å²) in [5.41, 5.74) is 2.04. The highest BCUT2D eigenvalue weighted by Crippen LogP contribution is 2.21. The highest BCUT2D eigenvalue weighted by atomic mass is 35.5. The van der Waals surface area contributed by atoms with Gasteiger partial charge in [0, 0.05) is 11.1 Å². The van der Waals surface area contributed by atoms with Gasteiger partial charge in [0.25, 0.3) is 0 Å². The molecule has 1 N–H and O–H groups in total. The Hall–Kier alpha value is -1.82. The van der Waals surface area contributed by atoms with Crippen LogP contribution >= 0.6 is 11.6 Å². The van der Waals surface area contributed by atoms with Crippen molar-refractivity contribution in [3.63, 3.8) is 0 Å². The van der Waals surface area contributed by atoms with Gasteiger partial charge in [0.2, 0.25) is 0 Å². The van der Waals surface area contributed by atoms with Crippen molar-refractivity contribution >= 4 is 11.6 Å². The Morgan fingerprint density at radius 3 is 2.37 bits per heavy atom. The third-order valence-electron chi connectivity index (χ3n) is 3.03. The molecule has 0 spiro atoms. The average molecular weight is 271 g/mol. The number of rotatable bonds is 4. The molecule has 0 aliphatic rings. The molecular formula is C16H15ClN2. The first-order chi connectivity index (χ1) is 9.20. The molecule has 2 aromatic carbocycles. The molecule has 0 unspecified atom stereocenters. The van der Waals surface area contributed by atoms with Crippen molar-refractivity contribution < 1.29 is 0 Å². The van der Waals surface area contributed by atoms with Gasteiger partial charge in [-0.15, -0.1) is 0 Å². The van der Waals surface area contributed by atoms with E-state index in [1.165, 1.54) is 0 Å². The molecule has 0 bridgehead atoms. The van der Waals surface area contributed by atoms with Crippen LogP contribution < -0.4 is 5.32 Å². The minimum Gasteiger partial charge on any atom is -0.292 e. The molecule has 0 heterocycles. The van der Waals surface area contributed by atoms with E-state index in [4.69, 9.17) is 11.6 Å². The fourth-order valence-electron chi connectivity index (χ4n) is 1.98. The summed E-state index contributed by atoms with van der Waals surface area (Å²) in [5, 5.41) is 13.3. The molecule has 0 amide bonds. The second kappa shape index (κ2) is 6.38. The summed E-state index contributed by atoms with van der Waals surface area (Å²) in [4.78, 5) is 0. The monoisotopic (exact) mass is 270 g/mol. The van der Waals surface area contributed by atoms with E-state index < -0.39 is 0 Å². The third kappa shape index (κ3) is 3.57. The highest BCUT2D eigenvalue weighted by molar-refractivity contribution is 6.30. The lowest BCUT2D eigenvalue weighted by Gasteiger charge is -2.19. The lowest BCUT2D eigenvalue weighted by molar-refractivity contribution is 0.533. The zero-order valence-corrected chi connectivity index (χ0v) is 11.4. The molecule has 0 saturated heterocycles. The summed E-state index contributed by atoms with van der Waals surface area (Å²) in [7, 11) is 0. The van der Waals surface area contributed by atoms with Crippen LogP contribution in [0.1, 0.15) is 30.1 Å². The Morgan fingerprint density at radius 2 is 1.74 bits per heavy atom. The quantitative estimate of drug-likeness (QED) is 0.901. The van der Waals surface area contributed by atoms with Gasteiger partial charge in [-0.2, -0.15) is 5.26 Å². The number of halogens is 1. The van der Waals surface area contributed by atoms with Crippen LogP contribution in [0.4, 0.5) is 0 Å². The van der Waals surface area contributed by atoms with Crippen LogP contribution in [0, 0.1) is 11.3 Å². The first-order valence-corrected chi connectivity index (χ1v) is 6.54. The molecule has 2 nitrogen and oxygen atoms in total. The van der Waals surface area contributed by atoms with Crippen molar-refractivity contribution in [1.29, 1.82) is 5.26 Å². The van der Waals surface area contributed by atoms with Gasteiger partial charge in [-0.05, 0) is 30.2 Å². The SMILES string of the molecule is C[C@@H](N[C@H](C#N)c1cccc(Cl)c1)c1ccccc1. The highest BCUT2D eigenvalue weighted by Gasteiger charge is 2.14. The minimum atomic E-state index is -0.367. The second-order valence-corrected chi connectivity index (χ2v) is 4.85. The van der Waals surface area contributed by atoms with Crippen LogP contribution in [0.25, 0.3) is 0 Å². The van der Waals surface area contributed by atoms with Gasteiger partial charge in [-0.3, -0.25) is 5.32 Å². The van der Waals surface area contributed by atoms with Gasteiger partial charge >= 0.3 is 0 Å². The Morgan fingerprint density at radius 1 is 1.05 bits per heavy atom. The zero-order chi connectivity index (χ0) is 13.7. The number of nitrogens with one attached hydrogen (secondary N) is 1. The van der Waals surface area contributed by atoms with Gasteiger partial charge in [0.15, 0.2) is 0 Å². The Balaban J connectivity index is 2.14. The molecule has 0 aromatic heterocycles. The molecule has 0 radical (unpaired) electrons. The van der Waals surface area contributed by atoms with Crippen molar-refractivity contribution in [3.8, 4) is 6.07 Å². The minimum absolute atomic E-state index is 0.102. The molecule has 0 fully saturated rings. The standard InChI is InChI=1S/C16H15ClN2/c1-12(13-6-3-2-4-7-13)19-16(11-18)14-8-5-9-15(17)10-14/h2-10,12,16,19H,1H3/t12-,16-/m1/s1. The van der Waals surface area contributed by atoms with E-state index in [1.807, 2.05) is 55.5 Å². The Bertz CT molecular complexity index is 575. The predicted molar refractivity (Wildman–Crippen MR) is 77.8 cm³/mol. The summed E-state index contributed by atoms with van der Waals surface area (Å²) < 4.78 is 0. The Labute approximate surface area is 118 Å². The number of nitrogens with zero attached hydrogens (tertiary/aromatic N) is 1. The van der Waals surface area contributed by atoms with E-state index in [9.17, 15) is 5.26 Å². The number of hydrogen-bond acceptors (Lipinski definition) is 2. The predicted octanol–water partition coefficient (Wildman–Crippen LogP) is 4.26. The van der Waals surface area contributed by atoms with Gasteiger partial charge in [0.05, 0.1) is 6.07 Å². The first kappa shape index (κ1) is 13.6. The molecule has 0 saturated carbocycles. The molecule has 0 aliphatic heterocycles. The summed E-state index contributed by atoms with van der Waals surface area (Å²) in [6.45, 7) is 2.05. The maximum atomic E-state index is 9.31. The number of nitriles is 1. The van der Waals surface area contributed by atoms with Crippen molar-refractivity contribution in [1.82, 2.24) is 5.32 Å². The first-order valence-electron chi connectivity index (χ1n) is 6.17. The molecule has 0 aliphatic carbocycles. The summed E-state index contributed by atoms with van der Waals surface area (Å²) in [5.74, 6) is 0. The molecule has 2 rings (SSSR count). The van der Waals surface area contributed by atoms with Crippen molar-refractivity contribution in [3.05, 3.63) is 70.7 Å². The van der Waals surface area contributed by atoms with Crippen molar-refractivity contribution in [2.24, 2.45) is 0 Å². The molecule has 2 atom stereocenters. The summed E-state index contributed by atoms with van der Waals surface area (Å²) in [6.07, 6.45) is 0. The van der Waals surface area contributed by atoms with Gasteiger partial charge in [-0.25, -0.2) is 0 Å². The van der Waals surface area contributed by atoms with Crippen LogP contribution in [0.5, 0.6) is 0 Å². The van der Waals surface area contributed by atoms with Crippen LogP contribution in [-0.2, 0) is 0 Å². The molecule has 19 heavy (non-hydrogen) atoms. The van der Waals surface area contributed by atoms with Crippen LogP contribution in [0.15, 0.2) is 54.6 Å². The largest absolute Gasteiger partial charge is 0.292 e. The van der Waals surface area contributed by atoms with E-state index in [0.717, 1.165) is 11.1 Å². The van der Waals surface area contributed by atoms with Crippen LogP contribution in [0.2, 0.25) is 5.02 Å². The summed E-state index contributed by atoms with van der Waals surface area (Å²) in [6, 6.07) is 19.5. The lowest BCUT2D eigenvalue weighted by Crippen LogP contribution is -2.23. The zero-order valence-electron chi connectivity index (χ0n) is 10.7. The average Bonchev–Trinajstić information content (AvgIpc) is 2.45. The summed E-state index contributed by atoms with van der Waals surface area (Å²) >= 11 is 5.96. The fraction of sp³-hybridized carbons (Fsp3) is 0.188. The maximum absolute atomic E-state index is 9.31. The normalized spacial score (nSPS) is 13.5. The van der Waals surface area contributed by atoms with E-state index in [1.54, 1.807) is 6.07 Å².